The maximum Gasteiger partial charge on any atom is 0.305 e. The van der Waals surface area contributed by atoms with Gasteiger partial charge in [-0.1, -0.05) is 72.0 Å². The van der Waals surface area contributed by atoms with Gasteiger partial charge in [0.1, 0.15) is 11.3 Å². The average molecular weight is 478 g/mol. The van der Waals surface area contributed by atoms with Crippen molar-refractivity contribution in [2.75, 3.05) is 19.6 Å². The van der Waals surface area contributed by atoms with E-state index in [1.165, 1.54) is 22.8 Å². The molecule has 3 aromatic carbocycles. The maximum atomic E-state index is 11.7. The minimum atomic E-state index is -0.763. The van der Waals surface area contributed by atoms with Gasteiger partial charge in [0.15, 0.2) is 0 Å². The molecule has 5 N–H and O–H groups in total. The number of aromatic amines is 1. The highest BCUT2D eigenvalue weighted by atomic mass is 32.1. The third kappa shape index (κ3) is 6.55. The van der Waals surface area contributed by atoms with Crippen molar-refractivity contribution in [2.24, 2.45) is 0 Å². The Hall–Kier alpha value is -2.97. The minimum Gasteiger partial charge on any atom is -0.506 e. The normalized spacial score (nSPS) is 12.3. The molecule has 34 heavy (non-hydrogen) atoms. The van der Waals surface area contributed by atoms with Crippen molar-refractivity contribution in [2.45, 2.75) is 31.9 Å². The van der Waals surface area contributed by atoms with Crippen LogP contribution in [0.1, 0.15) is 34.8 Å². The van der Waals surface area contributed by atoms with E-state index < -0.39 is 6.10 Å². The largest absolute Gasteiger partial charge is 0.506 e. The molecule has 1 heterocycles. The molecular weight excluding hydrogens is 446 g/mol. The van der Waals surface area contributed by atoms with Crippen LogP contribution < -0.4 is 15.5 Å². The quantitative estimate of drug-likeness (QED) is 0.200. The fourth-order valence-electron chi connectivity index (χ4n) is 4.07. The Morgan fingerprint density at radius 2 is 1.68 bits per heavy atom. The summed E-state index contributed by atoms with van der Waals surface area (Å²) >= 11 is 1.00. The van der Waals surface area contributed by atoms with Crippen molar-refractivity contribution in [1.82, 2.24) is 15.6 Å². The van der Waals surface area contributed by atoms with E-state index in [-0.39, 0.29) is 10.6 Å². The molecule has 4 rings (SSSR count). The van der Waals surface area contributed by atoms with Gasteiger partial charge in [-0.25, -0.2) is 0 Å². The smallest absolute Gasteiger partial charge is 0.305 e. The number of nitrogens with one attached hydrogen (secondary N) is 3. The van der Waals surface area contributed by atoms with Crippen molar-refractivity contribution >= 4 is 21.6 Å². The molecule has 0 aliphatic heterocycles. The zero-order chi connectivity index (χ0) is 23.8. The number of aliphatic hydroxyl groups is 1. The second kappa shape index (κ2) is 11.9. The van der Waals surface area contributed by atoms with Crippen LogP contribution in [0.15, 0.2) is 71.5 Å². The molecule has 0 saturated carbocycles. The van der Waals surface area contributed by atoms with Crippen molar-refractivity contribution in [1.29, 1.82) is 0 Å². The van der Waals surface area contributed by atoms with Crippen LogP contribution in [0.5, 0.6) is 5.75 Å². The fourth-order valence-corrected chi connectivity index (χ4v) is 4.99. The highest BCUT2D eigenvalue weighted by Gasteiger charge is 2.15. The van der Waals surface area contributed by atoms with Gasteiger partial charge in [-0.3, -0.25) is 4.79 Å². The van der Waals surface area contributed by atoms with E-state index in [4.69, 9.17) is 0 Å². The molecule has 0 aliphatic carbocycles. The predicted octanol–water partition coefficient (Wildman–Crippen LogP) is 3.88. The summed E-state index contributed by atoms with van der Waals surface area (Å²) in [6.45, 7) is 2.94. The number of aryl methyl sites for hydroxylation is 1. The number of phenols is 1. The molecular formula is C27H31N3O3S. The lowest BCUT2D eigenvalue weighted by Gasteiger charge is -2.14. The first-order valence-electron chi connectivity index (χ1n) is 11.7. The molecule has 178 valence electrons. The number of aromatic hydroxyl groups is 1. The maximum absolute atomic E-state index is 11.7. The summed E-state index contributed by atoms with van der Waals surface area (Å²) in [5.41, 5.74) is 4.93. The summed E-state index contributed by atoms with van der Waals surface area (Å²) in [6.07, 6.45) is 2.30. The van der Waals surface area contributed by atoms with E-state index in [0.717, 1.165) is 50.2 Å². The summed E-state index contributed by atoms with van der Waals surface area (Å²) in [7, 11) is 0. The molecule has 1 unspecified atom stereocenters. The molecule has 0 saturated heterocycles. The highest BCUT2D eigenvalue weighted by molar-refractivity contribution is 7.16. The summed E-state index contributed by atoms with van der Waals surface area (Å²) in [6, 6.07) is 22.3. The van der Waals surface area contributed by atoms with Gasteiger partial charge in [0.05, 0.1) is 10.8 Å². The number of fused-ring (bicyclic) bond motifs is 1. The Morgan fingerprint density at radius 3 is 2.53 bits per heavy atom. The second-order valence-electron chi connectivity index (χ2n) is 8.45. The third-order valence-corrected chi connectivity index (χ3v) is 6.79. The van der Waals surface area contributed by atoms with Crippen LogP contribution in [0.25, 0.3) is 10.2 Å². The lowest BCUT2D eigenvalue weighted by Crippen LogP contribution is -2.24. The van der Waals surface area contributed by atoms with Gasteiger partial charge in [0.2, 0.25) is 0 Å². The Bertz CT molecular complexity index is 1250. The highest BCUT2D eigenvalue weighted by Crippen LogP contribution is 2.31. The van der Waals surface area contributed by atoms with E-state index >= 15 is 0 Å². The van der Waals surface area contributed by atoms with E-state index in [2.05, 4.69) is 64.1 Å². The molecule has 0 radical (unpaired) electrons. The van der Waals surface area contributed by atoms with Crippen molar-refractivity contribution in [3.8, 4) is 5.75 Å². The van der Waals surface area contributed by atoms with Crippen LogP contribution in [0.3, 0.4) is 0 Å². The van der Waals surface area contributed by atoms with Gasteiger partial charge in [-0.05, 0) is 55.1 Å². The van der Waals surface area contributed by atoms with Crippen LogP contribution in [-0.4, -0.2) is 34.8 Å². The van der Waals surface area contributed by atoms with Crippen molar-refractivity contribution in [3.63, 3.8) is 0 Å². The molecule has 6 nitrogen and oxygen atoms in total. The molecule has 0 spiro atoms. The molecule has 0 amide bonds. The van der Waals surface area contributed by atoms with Crippen LogP contribution in [0.2, 0.25) is 0 Å². The topological polar surface area (TPSA) is 97.4 Å². The number of H-pyrrole nitrogens is 1. The second-order valence-corrected chi connectivity index (χ2v) is 9.43. The van der Waals surface area contributed by atoms with E-state index in [1.807, 2.05) is 6.07 Å². The molecule has 0 bridgehead atoms. The lowest BCUT2D eigenvalue weighted by molar-refractivity contribution is 0.176. The minimum absolute atomic E-state index is 0.0165. The van der Waals surface area contributed by atoms with Gasteiger partial charge < -0.3 is 25.8 Å². The van der Waals surface area contributed by atoms with Crippen molar-refractivity contribution < 1.29 is 10.2 Å². The van der Waals surface area contributed by atoms with Gasteiger partial charge >= 0.3 is 4.87 Å². The predicted molar refractivity (Wildman–Crippen MR) is 139 cm³/mol. The summed E-state index contributed by atoms with van der Waals surface area (Å²) in [4.78, 5) is 14.0. The number of hydrogen-bond acceptors (Lipinski definition) is 6. The third-order valence-electron chi connectivity index (χ3n) is 5.86. The summed E-state index contributed by atoms with van der Waals surface area (Å²) < 4.78 is 0.600. The monoisotopic (exact) mass is 477 g/mol. The average Bonchev–Trinajstić information content (AvgIpc) is 3.25. The number of rotatable bonds is 12. The zero-order valence-electron chi connectivity index (χ0n) is 19.1. The van der Waals surface area contributed by atoms with Crippen molar-refractivity contribution in [3.05, 3.63) is 98.7 Å². The van der Waals surface area contributed by atoms with E-state index in [0.29, 0.717) is 22.3 Å². The lowest BCUT2D eigenvalue weighted by atomic mass is 10.1. The first-order chi connectivity index (χ1) is 16.6. The SMILES string of the molecule is O=c1[nH]c2c(O)ccc(C(O)CNCCc3cccc(CNCCCc4ccccc4)c3)c2s1. The molecule has 1 aromatic heterocycles. The van der Waals surface area contributed by atoms with E-state index in [1.54, 1.807) is 6.07 Å². The molecule has 0 aliphatic rings. The first kappa shape index (κ1) is 24.2. The van der Waals surface area contributed by atoms with E-state index in [9.17, 15) is 15.0 Å². The van der Waals surface area contributed by atoms with Crippen LogP contribution >= 0.6 is 11.3 Å². The zero-order valence-corrected chi connectivity index (χ0v) is 19.9. The summed E-state index contributed by atoms with van der Waals surface area (Å²) in [5, 5.41) is 27.4. The van der Waals surface area contributed by atoms with Gasteiger partial charge in [-0.15, -0.1) is 0 Å². The molecule has 4 aromatic rings. The Labute approximate surface area is 203 Å². The van der Waals surface area contributed by atoms with Crippen LogP contribution in [0, 0.1) is 0 Å². The van der Waals surface area contributed by atoms with Gasteiger partial charge in [0.25, 0.3) is 0 Å². The molecule has 0 fully saturated rings. The van der Waals surface area contributed by atoms with Gasteiger partial charge in [-0.2, -0.15) is 0 Å². The number of aliphatic hydroxyl groups excluding tert-OH is 1. The number of thiazole rings is 1. The number of benzene rings is 3. The molecule has 7 heteroatoms. The fraction of sp³-hybridized carbons (Fsp3) is 0.296. The first-order valence-corrected chi connectivity index (χ1v) is 12.5. The van der Waals surface area contributed by atoms with Crippen LogP contribution in [-0.2, 0) is 19.4 Å². The Balaban J connectivity index is 1.19. The number of aromatic nitrogens is 1. The Morgan fingerprint density at radius 1 is 0.882 bits per heavy atom. The number of hydrogen-bond donors (Lipinski definition) is 5. The Kier molecular flexibility index (Phi) is 8.49. The van der Waals surface area contributed by atoms with Crippen LogP contribution in [0.4, 0.5) is 0 Å². The molecule has 1 atom stereocenters. The number of phenolic OH excluding ortho intramolecular Hbond substituents is 1. The standard InChI is InChI=1S/C27H31N3O3S/c31-23-12-11-22(26-25(23)30-27(33)34-26)24(32)18-29-15-13-20-8-4-9-21(16-20)17-28-14-5-10-19-6-2-1-3-7-19/h1-4,6-9,11-12,16,24,28-29,31-32H,5,10,13-15,17-18H2,(H,30,33). The summed E-state index contributed by atoms with van der Waals surface area (Å²) in [5.74, 6) is 0.0165. The van der Waals surface area contributed by atoms with Gasteiger partial charge in [0, 0.05) is 18.7 Å².